The van der Waals surface area contributed by atoms with Crippen LogP contribution < -0.4 is 4.72 Å². The van der Waals surface area contributed by atoms with Gasteiger partial charge in [0.2, 0.25) is 15.9 Å². The van der Waals surface area contributed by atoms with E-state index in [1.54, 1.807) is 25.1 Å². The summed E-state index contributed by atoms with van der Waals surface area (Å²) in [6.45, 7) is 1.91. The lowest BCUT2D eigenvalue weighted by Crippen LogP contribution is -2.61. The number of carbonyl (C=O) groups is 2. The molecule has 4 aliphatic rings. The Kier molecular flexibility index (Phi) is 7.00. The van der Waals surface area contributed by atoms with Gasteiger partial charge in [0.05, 0.1) is 22.1 Å². The van der Waals surface area contributed by atoms with E-state index >= 15 is 0 Å². The molecule has 1 saturated heterocycles. The van der Waals surface area contributed by atoms with Crippen molar-refractivity contribution in [3.63, 3.8) is 0 Å². The number of likely N-dealkylation sites (tertiary alicyclic amines) is 1. The van der Waals surface area contributed by atoms with Gasteiger partial charge in [-0.1, -0.05) is 47.5 Å². The maximum atomic E-state index is 14.8. The van der Waals surface area contributed by atoms with Gasteiger partial charge in [-0.05, 0) is 93.2 Å². The Morgan fingerprint density at radius 1 is 1.05 bits per heavy atom. The molecule has 1 aliphatic heterocycles. The fourth-order valence-electron chi connectivity index (χ4n) is 6.89. The number of nitrogens with one attached hydrogen (secondary N) is 1. The van der Waals surface area contributed by atoms with E-state index in [9.17, 15) is 23.1 Å². The molecule has 1 amide bonds. The molecule has 0 aromatic heterocycles. The van der Waals surface area contributed by atoms with Crippen LogP contribution in [-0.2, 0) is 19.6 Å². The van der Waals surface area contributed by atoms with Crippen molar-refractivity contribution in [3.05, 3.63) is 69.7 Å². The maximum absolute atomic E-state index is 14.8. The zero-order valence-corrected chi connectivity index (χ0v) is 24.7. The van der Waals surface area contributed by atoms with Gasteiger partial charge in [-0.2, -0.15) is 0 Å². The van der Waals surface area contributed by atoms with E-state index in [4.69, 9.17) is 23.2 Å². The second kappa shape index (κ2) is 10.0. The molecule has 0 unspecified atom stereocenters. The lowest BCUT2D eigenvalue weighted by molar-refractivity contribution is -0.170. The molecule has 2 N–H and O–H groups in total. The third kappa shape index (κ3) is 4.85. The number of amides is 1. The fraction of sp³-hybridized carbons (Fsp3) is 0.533. The van der Waals surface area contributed by atoms with E-state index in [0.717, 1.165) is 24.0 Å². The van der Waals surface area contributed by atoms with Crippen molar-refractivity contribution in [3.8, 4) is 0 Å². The molecule has 10 heteroatoms. The third-order valence-corrected chi connectivity index (χ3v) is 12.1. The lowest BCUT2D eigenvalue weighted by Gasteiger charge is -2.54. The zero-order valence-electron chi connectivity index (χ0n) is 22.4. The summed E-state index contributed by atoms with van der Waals surface area (Å²) in [4.78, 5) is 29.3. The highest BCUT2D eigenvalue weighted by molar-refractivity contribution is 7.90. The number of nitrogens with zero attached hydrogens (tertiary/aromatic N) is 1. The number of hydrogen-bond acceptors (Lipinski definition) is 4. The van der Waals surface area contributed by atoms with Crippen molar-refractivity contribution in [2.45, 2.75) is 75.1 Å². The average molecular weight is 606 g/mol. The first-order valence-corrected chi connectivity index (χ1v) is 16.3. The number of carbonyl (C=O) groups excluding carboxylic acids is 1. The van der Waals surface area contributed by atoms with Crippen LogP contribution in [0.1, 0.15) is 75.0 Å². The second-order valence-corrected chi connectivity index (χ2v) is 15.2. The number of carboxylic acids is 1. The number of rotatable bonds is 10. The quantitative estimate of drug-likeness (QED) is 0.357. The van der Waals surface area contributed by atoms with Gasteiger partial charge >= 0.3 is 5.97 Å². The molecule has 0 spiro atoms. The van der Waals surface area contributed by atoms with Crippen LogP contribution in [0.15, 0.2) is 48.5 Å². The molecular weight excluding hydrogens is 571 g/mol. The largest absolute Gasteiger partial charge is 0.481 e. The molecule has 3 saturated carbocycles. The summed E-state index contributed by atoms with van der Waals surface area (Å²) in [6.07, 6.45) is 4.28. The highest BCUT2D eigenvalue weighted by Gasteiger charge is 2.70. The standard InChI is InChI=1S/C30H34Cl2N2O5S/c1-29(30(13-14-30)28(36)37)16-24(20-3-2-4-22(32)15-20)26(19-7-9-21(31)10-8-19)34(27(29)35)25(18-5-6-18)17-33-40(38,39)23-11-12-23/h2-4,7-10,15,18,23-26,33H,5-6,11-14,16-17H2,1H3,(H,36,37)/t24-,25-,26-,29+/m1/s1. The number of sulfonamides is 1. The van der Waals surface area contributed by atoms with Crippen molar-refractivity contribution in [2.24, 2.45) is 16.7 Å². The van der Waals surface area contributed by atoms with Gasteiger partial charge in [0.15, 0.2) is 0 Å². The number of piperidine rings is 1. The summed E-state index contributed by atoms with van der Waals surface area (Å²) in [5.41, 5.74) is -0.519. The first-order valence-electron chi connectivity index (χ1n) is 14.0. The first-order chi connectivity index (χ1) is 19.0. The van der Waals surface area contributed by atoms with Gasteiger partial charge in [0.1, 0.15) is 0 Å². The number of hydrogen-bond donors (Lipinski definition) is 2. The molecule has 2 aromatic carbocycles. The molecular formula is C30H34Cl2N2O5S. The van der Waals surface area contributed by atoms with Crippen molar-refractivity contribution < 1.29 is 23.1 Å². The number of carboxylic acid groups (broad SMARTS) is 1. The minimum atomic E-state index is -3.48. The van der Waals surface area contributed by atoms with E-state index in [0.29, 0.717) is 42.1 Å². The number of halogens is 2. The molecule has 4 atom stereocenters. The van der Waals surface area contributed by atoms with E-state index in [1.165, 1.54) is 0 Å². The molecule has 40 heavy (non-hydrogen) atoms. The lowest BCUT2D eigenvalue weighted by atomic mass is 9.61. The van der Waals surface area contributed by atoms with Gasteiger partial charge in [0.25, 0.3) is 0 Å². The first kappa shape index (κ1) is 28.0. The van der Waals surface area contributed by atoms with Crippen LogP contribution in [0.4, 0.5) is 0 Å². The van der Waals surface area contributed by atoms with Gasteiger partial charge < -0.3 is 10.0 Å². The van der Waals surface area contributed by atoms with Crippen LogP contribution in [0.3, 0.4) is 0 Å². The Morgan fingerprint density at radius 2 is 1.73 bits per heavy atom. The summed E-state index contributed by atoms with van der Waals surface area (Å²) < 4.78 is 28.6. The monoisotopic (exact) mass is 604 g/mol. The topological polar surface area (TPSA) is 104 Å². The molecule has 0 bridgehead atoms. The highest BCUT2D eigenvalue weighted by atomic mass is 35.5. The maximum Gasteiger partial charge on any atom is 0.310 e. The van der Waals surface area contributed by atoms with Crippen molar-refractivity contribution in [1.29, 1.82) is 0 Å². The minimum absolute atomic E-state index is 0.109. The third-order valence-electron chi connectivity index (χ3n) is 9.70. The molecule has 1 heterocycles. The van der Waals surface area contributed by atoms with Crippen molar-refractivity contribution >= 4 is 45.1 Å². The molecule has 214 valence electrons. The van der Waals surface area contributed by atoms with E-state index in [-0.39, 0.29) is 29.5 Å². The van der Waals surface area contributed by atoms with Gasteiger partial charge in [0, 0.05) is 28.5 Å². The predicted octanol–water partition coefficient (Wildman–Crippen LogP) is 5.78. The van der Waals surface area contributed by atoms with Gasteiger partial charge in [-0.15, -0.1) is 0 Å². The Balaban J connectivity index is 1.50. The Labute approximate surface area is 245 Å². The molecule has 6 rings (SSSR count). The Hall–Kier alpha value is -2.13. The number of benzene rings is 2. The normalized spacial score (nSPS) is 28.8. The minimum Gasteiger partial charge on any atom is -0.481 e. The van der Waals surface area contributed by atoms with Gasteiger partial charge in [-0.3, -0.25) is 9.59 Å². The van der Waals surface area contributed by atoms with Crippen molar-refractivity contribution in [2.75, 3.05) is 6.54 Å². The van der Waals surface area contributed by atoms with Crippen LogP contribution in [0.2, 0.25) is 10.0 Å². The summed E-state index contributed by atoms with van der Waals surface area (Å²) in [5, 5.41) is 11.1. The second-order valence-electron chi connectivity index (χ2n) is 12.3. The molecule has 3 aliphatic carbocycles. The van der Waals surface area contributed by atoms with Gasteiger partial charge in [-0.25, -0.2) is 13.1 Å². The smallest absolute Gasteiger partial charge is 0.310 e. The molecule has 7 nitrogen and oxygen atoms in total. The van der Waals surface area contributed by atoms with Crippen LogP contribution in [0.25, 0.3) is 0 Å². The molecule has 4 fully saturated rings. The predicted molar refractivity (Wildman–Crippen MR) is 154 cm³/mol. The average Bonchev–Trinajstić information content (AvgIpc) is 3.77. The van der Waals surface area contributed by atoms with Crippen LogP contribution in [-0.4, -0.2) is 48.1 Å². The highest BCUT2D eigenvalue weighted by Crippen LogP contribution is 2.66. The summed E-state index contributed by atoms with van der Waals surface area (Å²) in [6, 6.07) is 14.1. The number of aliphatic carboxylic acids is 1. The summed E-state index contributed by atoms with van der Waals surface area (Å²) in [5.74, 6) is -1.30. The van der Waals surface area contributed by atoms with Crippen LogP contribution >= 0.6 is 23.2 Å². The summed E-state index contributed by atoms with van der Waals surface area (Å²) >= 11 is 12.7. The Bertz CT molecular complexity index is 1440. The molecule has 0 radical (unpaired) electrons. The van der Waals surface area contributed by atoms with E-state index < -0.39 is 38.9 Å². The van der Waals surface area contributed by atoms with Crippen LogP contribution in [0.5, 0.6) is 0 Å². The molecule has 2 aromatic rings. The SMILES string of the molecule is C[C@]1(C2(C(=O)O)CC2)C[C@H](c2cccc(Cl)c2)[C@@H](c2ccc(Cl)cc2)N([C@H](CNS(=O)(=O)C2CC2)C2CC2)C1=O. The summed E-state index contributed by atoms with van der Waals surface area (Å²) in [7, 11) is -3.48. The fourth-order valence-corrected chi connectivity index (χ4v) is 8.61. The van der Waals surface area contributed by atoms with Crippen LogP contribution in [0, 0.1) is 16.7 Å². The van der Waals surface area contributed by atoms with Crippen molar-refractivity contribution in [1.82, 2.24) is 9.62 Å². The van der Waals surface area contributed by atoms with E-state index in [2.05, 4.69) is 4.72 Å². The zero-order chi connectivity index (χ0) is 28.4. The van der Waals surface area contributed by atoms with E-state index in [1.807, 2.05) is 35.2 Å². The Morgan fingerprint density at radius 3 is 2.27 bits per heavy atom.